The van der Waals surface area contributed by atoms with Crippen LogP contribution < -0.4 is 0 Å². The Hall–Kier alpha value is -7.70. The lowest BCUT2D eigenvalue weighted by molar-refractivity contribution is 0.669. The Morgan fingerprint density at radius 2 is 0.982 bits per heavy atom. The van der Waals surface area contributed by atoms with E-state index in [1.165, 1.54) is 16.2 Å². The Morgan fingerprint density at radius 3 is 1.77 bits per heavy atom. The second-order valence-corrected chi connectivity index (χ2v) is 14.2. The molecule has 6 nitrogen and oxygen atoms in total. The van der Waals surface area contributed by atoms with Crippen LogP contribution in [0.5, 0.6) is 0 Å². The van der Waals surface area contributed by atoms with Gasteiger partial charge in [-0.05, 0) is 72.8 Å². The summed E-state index contributed by atoms with van der Waals surface area (Å²) in [6.07, 6.45) is 0. The van der Waals surface area contributed by atoms with E-state index in [0.717, 1.165) is 83.4 Å². The van der Waals surface area contributed by atoms with Crippen LogP contribution in [0, 0.1) is 0 Å². The highest BCUT2D eigenvalue weighted by atomic mass is 16.3. The topological polar surface area (TPSA) is 53.7 Å². The quantitative estimate of drug-likeness (QED) is 0.178. The van der Waals surface area contributed by atoms with E-state index >= 15 is 0 Å². The Kier molecular flexibility index (Phi) is 6.53. The number of fused-ring (bicyclic) bond motifs is 10. The molecule has 0 radical (unpaired) electrons. The van der Waals surface area contributed by atoms with E-state index in [1.807, 2.05) is 47.1 Å². The standard InChI is InChI=1S/C50H31N5O/c1-3-15-32(16-4-1)49-51-50(55(52-49)34-17-5-2-6-18-34)33-27-28-41-38(31-33)35-19-7-10-22-39(35)53(41)42-24-12-13-25-43(42)54-40-23-11-8-20-36(40)47-44(54)29-30-46-48(47)37-21-9-14-26-45(37)56-46/h1-31H. The highest BCUT2D eigenvalue weighted by molar-refractivity contribution is 6.27. The summed E-state index contributed by atoms with van der Waals surface area (Å²) in [6.45, 7) is 0. The third-order valence-corrected chi connectivity index (χ3v) is 11.1. The first kappa shape index (κ1) is 30.7. The Morgan fingerprint density at radius 1 is 0.393 bits per heavy atom. The maximum Gasteiger partial charge on any atom is 0.182 e. The third kappa shape index (κ3) is 4.44. The second-order valence-electron chi connectivity index (χ2n) is 14.2. The predicted octanol–water partition coefficient (Wildman–Crippen LogP) is 12.7. The summed E-state index contributed by atoms with van der Waals surface area (Å²) in [5.74, 6) is 1.48. The molecule has 0 spiro atoms. The highest BCUT2D eigenvalue weighted by Crippen LogP contribution is 2.43. The minimum absolute atomic E-state index is 0.688. The summed E-state index contributed by atoms with van der Waals surface area (Å²) in [6, 6.07) is 65.9. The summed E-state index contributed by atoms with van der Waals surface area (Å²) < 4.78 is 13.2. The molecule has 0 N–H and O–H groups in total. The molecule has 0 fully saturated rings. The monoisotopic (exact) mass is 717 g/mol. The normalized spacial score (nSPS) is 11.9. The average molecular weight is 718 g/mol. The molecule has 0 aliphatic rings. The molecule has 12 rings (SSSR count). The predicted molar refractivity (Wildman–Crippen MR) is 228 cm³/mol. The van der Waals surface area contributed by atoms with Crippen molar-refractivity contribution in [2.45, 2.75) is 0 Å². The molecule has 0 amide bonds. The molecule has 56 heavy (non-hydrogen) atoms. The molecule has 8 aromatic carbocycles. The smallest absolute Gasteiger partial charge is 0.182 e. The van der Waals surface area contributed by atoms with Gasteiger partial charge in [0.1, 0.15) is 11.2 Å². The molecule has 262 valence electrons. The fraction of sp³-hybridized carbons (Fsp3) is 0. The molecule has 4 aromatic heterocycles. The minimum atomic E-state index is 0.688. The summed E-state index contributed by atoms with van der Waals surface area (Å²) in [5.41, 5.74) is 11.4. The van der Waals surface area contributed by atoms with Gasteiger partial charge in [0.15, 0.2) is 11.6 Å². The fourth-order valence-electron chi connectivity index (χ4n) is 8.71. The van der Waals surface area contributed by atoms with E-state index in [-0.39, 0.29) is 0 Å². The molecular weight excluding hydrogens is 687 g/mol. The second kappa shape index (κ2) is 11.9. The average Bonchev–Trinajstić information content (AvgIpc) is 4.04. The van der Waals surface area contributed by atoms with Crippen molar-refractivity contribution < 1.29 is 4.42 Å². The van der Waals surface area contributed by atoms with Crippen LogP contribution in [0.4, 0.5) is 0 Å². The fourth-order valence-corrected chi connectivity index (χ4v) is 8.71. The van der Waals surface area contributed by atoms with Crippen LogP contribution >= 0.6 is 0 Å². The van der Waals surface area contributed by atoms with E-state index in [2.05, 4.69) is 155 Å². The van der Waals surface area contributed by atoms with E-state index in [4.69, 9.17) is 14.5 Å². The number of benzene rings is 8. The van der Waals surface area contributed by atoms with Crippen LogP contribution in [-0.4, -0.2) is 23.9 Å². The molecule has 0 unspecified atom stereocenters. The van der Waals surface area contributed by atoms with Crippen molar-refractivity contribution in [1.82, 2.24) is 23.9 Å². The molecule has 12 aromatic rings. The Labute approximate surface area is 320 Å². The van der Waals surface area contributed by atoms with Crippen molar-refractivity contribution in [2.75, 3.05) is 0 Å². The van der Waals surface area contributed by atoms with Crippen LogP contribution in [0.1, 0.15) is 0 Å². The van der Waals surface area contributed by atoms with Crippen molar-refractivity contribution in [3.8, 4) is 39.8 Å². The number of rotatable bonds is 5. The molecule has 6 heteroatoms. The first-order valence-electron chi connectivity index (χ1n) is 18.8. The van der Waals surface area contributed by atoms with Crippen LogP contribution in [0.25, 0.3) is 105 Å². The number of hydrogen-bond donors (Lipinski definition) is 0. The highest BCUT2D eigenvalue weighted by Gasteiger charge is 2.23. The van der Waals surface area contributed by atoms with Gasteiger partial charge in [0, 0.05) is 43.4 Å². The SMILES string of the molecule is c1ccc(-c2nc(-c3ccc4c(c3)c3ccccc3n4-c3ccccc3-n3c4ccccc4c4c5c(ccc43)oc3ccccc35)n(-c3ccccc3)n2)cc1. The van der Waals surface area contributed by atoms with E-state index in [9.17, 15) is 0 Å². The van der Waals surface area contributed by atoms with Crippen LogP contribution in [0.15, 0.2) is 192 Å². The van der Waals surface area contributed by atoms with E-state index in [0.29, 0.717) is 5.82 Å². The lowest BCUT2D eigenvalue weighted by atomic mass is 10.1. The first-order valence-corrected chi connectivity index (χ1v) is 18.8. The molecule has 0 aliphatic heterocycles. The summed E-state index contributed by atoms with van der Waals surface area (Å²) in [7, 11) is 0. The van der Waals surface area contributed by atoms with Gasteiger partial charge in [0.05, 0.1) is 39.1 Å². The molecule has 0 saturated heterocycles. The van der Waals surface area contributed by atoms with Crippen LogP contribution in [0.3, 0.4) is 0 Å². The third-order valence-electron chi connectivity index (χ3n) is 11.1. The molecule has 0 atom stereocenters. The molecule has 4 heterocycles. The number of aromatic nitrogens is 5. The first-order chi connectivity index (χ1) is 27.8. The van der Waals surface area contributed by atoms with Crippen LogP contribution in [-0.2, 0) is 0 Å². The zero-order valence-corrected chi connectivity index (χ0v) is 30.0. The minimum Gasteiger partial charge on any atom is -0.456 e. The molecule has 0 bridgehead atoms. The van der Waals surface area contributed by atoms with Gasteiger partial charge in [-0.1, -0.05) is 115 Å². The van der Waals surface area contributed by atoms with Gasteiger partial charge in [-0.15, -0.1) is 5.10 Å². The van der Waals surface area contributed by atoms with Gasteiger partial charge >= 0.3 is 0 Å². The molecule has 0 aliphatic carbocycles. The number of para-hydroxylation sites is 6. The van der Waals surface area contributed by atoms with E-state index in [1.54, 1.807) is 0 Å². The number of hydrogen-bond acceptors (Lipinski definition) is 3. The van der Waals surface area contributed by atoms with Crippen molar-refractivity contribution in [1.29, 1.82) is 0 Å². The van der Waals surface area contributed by atoms with Gasteiger partial charge in [0.25, 0.3) is 0 Å². The Bertz CT molecular complexity index is 3480. The van der Waals surface area contributed by atoms with Crippen LogP contribution in [0.2, 0.25) is 0 Å². The largest absolute Gasteiger partial charge is 0.456 e. The van der Waals surface area contributed by atoms with Gasteiger partial charge in [-0.2, -0.15) is 0 Å². The van der Waals surface area contributed by atoms with Crippen molar-refractivity contribution in [3.63, 3.8) is 0 Å². The zero-order chi connectivity index (χ0) is 36.7. The lowest BCUT2D eigenvalue weighted by Gasteiger charge is -2.16. The maximum atomic E-state index is 6.38. The zero-order valence-electron chi connectivity index (χ0n) is 30.0. The maximum absolute atomic E-state index is 6.38. The van der Waals surface area contributed by atoms with Gasteiger partial charge in [-0.25, -0.2) is 9.67 Å². The van der Waals surface area contributed by atoms with Gasteiger partial charge < -0.3 is 13.6 Å². The van der Waals surface area contributed by atoms with Gasteiger partial charge in [-0.3, -0.25) is 0 Å². The lowest BCUT2D eigenvalue weighted by Crippen LogP contribution is -2.03. The number of furan rings is 1. The number of nitrogens with zero attached hydrogens (tertiary/aromatic N) is 5. The van der Waals surface area contributed by atoms with Crippen molar-refractivity contribution >= 4 is 65.6 Å². The summed E-state index contributed by atoms with van der Waals surface area (Å²) >= 11 is 0. The molecule has 0 saturated carbocycles. The van der Waals surface area contributed by atoms with Crippen molar-refractivity contribution in [2.24, 2.45) is 0 Å². The Balaban J connectivity index is 1.11. The summed E-state index contributed by atoms with van der Waals surface area (Å²) in [4.78, 5) is 5.16. The summed E-state index contributed by atoms with van der Waals surface area (Å²) in [5, 5.41) is 12.0. The van der Waals surface area contributed by atoms with Gasteiger partial charge in [0.2, 0.25) is 0 Å². The van der Waals surface area contributed by atoms with E-state index < -0.39 is 0 Å². The van der Waals surface area contributed by atoms with Crippen molar-refractivity contribution in [3.05, 3.63) is 188 Å². The molecular formula is C50H31N5O.